The molecule has 0 saturated carbocycles. The van der Waals surface area contributed by atoms with Crippen LogP contribution in [-0.4, -0.2) is 33.1 Å². The fourth-order valence-electron chi connectivity index (χ4n) is 2.57. The van der Waals surface area contributed by atoms with E-state index >= 15 is 0 Å². The van der Waals surface area contributed by atoms with Crippen LogP contribution in [0.3, 0.4) is 0 Å². The van der Waals surface area contributed by atoms with Crippen LogP contribution in [-0.2, 0) is 0 Å². The summed E-state index contributed by atoms with van der Waals surface area (Å²) in [5.41, 5.74) is 2.72. The monoisotopic (exact) mass is 351 g/mol. The van der Waals surface area contributed by atoms with Crippen LogP contribution in [0.4, 0.5) is 0 Å². The molecule has 0 radical (unpaired) electrons. The van der Waals surface area contributed by atoms with Crippen LogP contribution in [0, 0.1) is 16.7 Å². The smallest absolute Gasteiger partial charge is 0.201 e. The molecule has 2 aromatic heterocycles. The standard InChI is InChI=1S/C18H21N7O/c1-5-15(22-6-2)12(4)26-17-8-13(18(24-21)11(3)20)7-16-23-10-14(9-19)25(16)17/h5-8,10,12,20H,21H2,1-4H3/b15-5-,20-11?,22-6?,24-18+. The van der Waals surface area contributed by atoms with Crippen LogP contribution in [0.25, 0.3) is 5.65 Å². The van der Waals surface area contributed by atoms with E-state index in [-0.39, 0.29) is 11.8 Å². The van der Waals surface area contributed by atoms with Crippen molar-refractivity contribution in [2.24, 2.45) is 15.9 Å². The zero-order chi connectivity index (χ0) is 19.3. The first-order valence-electron chi connectivity index (χ1n) is 8.03. The highest BCUT2D eigenvalue weighted by Gasteiger charge is 2.18. The second-order valence-corrected chi connectivity index (χ2v) is 5.49. The molecule has 2 rings (SSSR count). The third-order valence-corrected chi connectivity index (χ3v) is 3.73. The minimum Gasteiger partial charge on any atom is -0.469 e. The van der Waals surface area contributed by atoms with Gasteiger partial charge in [0, 0.05) is 17.8 Å². The highest BCUT2D eigenvalue weighted by molar-refractivity contribution is 6.46. The van der Waals surface area contributed by atoms with Crippen molar-refractivity contribution in [3.63, 3.8) is 0 Å². The molecule has 0 fully saturated rings. The summed E-state index contributed by atoms with van der Waals surface area (Å²) in [6.07, 6.45) is 4.66. The lowest BCUT2D eigenvalue weighted by Crippen LogP contribution is -2.18. The molecule has 0 bridgehead atoms. The predicted molar refractivity (Wildman–Crippen MR) is 102 cm³/mol. The molecule has 0 aromatic carbocycles. The van der Waals surface area contributed by atoms with E-state index in [1.807, 2.05) is 26.8 Å². The first-order valence-corrected chi connectivity index (χ1v) is 8.03. The lowest BCUT2D eigenvalue weighted by atomic mass is 10.1. The highest BCUT2D eigenvalue weighted by Crippen LogP contribution is 2.23. The van der Waals surface area contributed by atoms with Crippen molar-refractivity contribution in [3.8, 4) is 11.9 Å². The van der Waals surface area contributed by atoms with Crippen LogP contribution >= 0.6 is 0 Å². The van der Waals surface area contributed by atoms with Crippen molar-refractivity contribution in [2.75, 3.05) is 0 Å². The van der Waals surface area contributed by atoms with E-state index < -0.39 is 0 Å². The van der Waals surface area contributed by atoms with E-state index in [1.54, 1.807) is 29.7 Å². The zero-order valence-electron chi connectivity index (χ0n) is 15.2. The van der Waals surface area contributed by atoms with Crippen molar-refractivity contribution in [1.82, 2.24) is 9.38 Å². The molecule has 8 heteroatoms. The number of nitrogens with two attached hydrogens (primary N) is 1. The number of fused-ring (bicyclic) bond motifs is 1. The van der Waals surface area contributed by atoms with Gasteiger partial charge >= 0.3 is 0 Å². The molecule has 0 aliphatic carbocycles. The van der Waals surface area contributed by atoms with E-state index in [1.165, 1.54) is 6.20 Å². The van der Waals surface area contributed by atoms with E-state index in [0.29, 0.717) is 28.5 Å². The number of hydrazone groups is 1. The van der Waals surface area contributed by atoms with Gasteiger partial charge in [-0.15, -0.1) is 0 Å². The fourth-order valence-corrected chi connectivity index (χ4v) is 2.57. The van der Waals surface area contributed by atoms with Crippen molar-refractivity contribution in [1.29, 1.82) is 10.7 Å². The number of ether oxygens (including phenoxy) is 1. The Balaban J connectivity index is 2.64. The third kappa shape index (κ3) is 3.62. The van der Waals surface area contributed by atoms with Crippen molar-refractivity contribution >= 4 is 23.3 Å². The van der Waals surface area contributed by atoms with Crippen LogP contribution in [0.15, 0.2) is 40.2 Å². The van der Waals surface area contributed by atoms with Gasteiger partial charge in [-0.3, -0.25) is 9.39 Å². The molecule has 1 atom stereocenters. The van der Waals surface area contributed by atoms with Crippen LogP contribution < -0.4 is 10.6 Å². The van der Waals surface area contributed by atoms with Crippen molar-refractivity contribution in [2.45, 2.75) is 33.8 Å². The first-order chi connectivity index (χ1) is 12.5. The number of allylic oxidation sites excluding steroid dienone is 1. The number of nitriles is 1. The van der Waals surface area contributed by atoms with Gasteiger partial charge in [0.1, 0.15) is 29.2 Å². The quantitative estimate of drug-likeness (QED) is 0.471. The SMILES string of the molecule is CC=N/C(=C\C)C(C)Oc1cc(/C(=N/N)C(C)=N)cc2ncc(C#N)n12. The van der Waals surface area contributed by atoms with Gasteiger partial charge in [-0.2, -0.15) is 10.4 Å². The lowest BCUT2D eigenvalue weighted by Gasteiger charge is -2.17. The summed E-state index contributed by atoms with van der Waals surface area (Å²) in [4.78, 5) is 8.54. The Morgan fingerprint density at radius 1 is 1.46 bits per heavy atom. The van der Waals surface area contributed by atoms with E-state index in [9.17, 15) is 5.26 Å². The minimum absolute atomic E-state index is 0.215. The number of pyridine rings is 1. The third-order valence-electron chi connectivity index (χ3n) is 3.73. The Labute approximate surface area is 151 Å². The molecule has 0 saturated heterocycles. The fraction of sp³-hybridized carbons (Fsp3) is 0.278. The Kier molecular flexibility index (Phi) is 5.86. The number of aliphatic imine (C=N–C) groups is 1. The molecule has 1 unspecified atom stereocenters. The summed E-state index contributed by atoms with van der Waals surface area (Å²) in [5.74, 6) is 5.84. The number of imidazole rings is 1. The Morgan fingerprint density at radius 2 is 2.19 bits per heavy atom. The molecule has 0 aliphatic rings. The normalized spacial score (nSPS) is 13.8. The highest BCUT2D eigenvalue weighted by atomic mass is 16.5. The molecule has 0 aliphatic heterocycles. The Morgan fingerprint density at radius 3 is 2.73 bits per heavy atom. The number of aromatic nitrogens is 2. The summed E-state index contributed by atoms with van der Waals surface area (Å²) >= 11 is 0. The molecule has 134 valence electrons. The first kappa shape index (κ1) is 18.9. The number of nitrogens with zero attached hydrogens (tertiary/aromatic N) is 5. The number of hydrogen-bond donors (Lipinski definition) is 2. The molecule has 8 nitrogen and oxygen atoms in total. The van der Waals surface area contributed by atoms with Crippen LogP contribution in [0.1, 0.15) is 39.0 Å². The average molecular weight is 351 g/mol. The molecule has 0 spiro atoms. The number of hydrogen-bond acceptors (Lipinski definition) is 7. The van der Waals surface area contributed by atoms with Gasteiger partial charge < -0.3 is 16.0 Å². The van der Waals surface area contributed by atoms with E-state index in [4.69, 9.17) is 16.0 Å². The van der Waals surface area contributed by atoms with Gasteiger partial charge in [0.25, 0.3) is 0 Å². The van der Waals surface area contributed by atoms with Crippen molar-refractivity contribution < 1.29 is 4.74 Å². The van der Waals surface area contributed by atoms with E-state index in [0.717, 1.165) is 5.70 Å². The second kappa shape index (κ2) is 8.07. The molecule has 2 heterocycles. The van der Waals surface area contributed by atoms with Crippen LogP contribution in [0.2, 0.25) is 0 Å². The largest absolute Gasteiger partial charge is 0.469 e. The van der Waals surface area contributed by atoms with Gasteiger partial charge in [0.2, 0.25) is 5.88 Å². The molecule has 0 amide bonds. The molecular weight excluding hydrogens is 330 g/mol. The Hall–Kier alpha value is -3.47. The summed E-state index contributed by atoms with van der Waals surface area (Å²) in [5, 5.41) is 20.9. The predicted octanol–water partition coefficient (Wildman–Crippen LogP) is 2.67. The molecule has 26 heavy (non-hydrogen) atoms. The topological polar surface area (TPSA) is 125 Å². The molecular formula is C18H21N7O. The Bertz CT molecular complexity index is 960. The molecule has 2 aromatic rings. The number of rotatable bonds is 6. The maximum atomic E-state index is 9.36. The second-order valence-electron chi connectivity index (χ2n) is 5.49. The van der Waals surface area contributed by atoms with Crippen LogP contribution in [0.5, 0.6) is 5.88 Å². The summed E-state index contributed by atoms with van der Waals surface area (Å²) < 4.78 is 7.68. The van der Waals surface area contributed by atoms with Gasteiger partial charge in [0.05, 0.1) is 17.6 Å². The van der Waals surface area contributed by atoms with Crippen molar-refractivity contribution in [3.05, 3.63) is 41.4 Å². The lowest BCUT2D eigenvalue weighted by molar-refractivity contribution is 0.242. The van der Waals surface area contributed by atoms with Gasteiger partial charge in [-0.05, 0) is 33.8 Å². The van der Waals surface area contributed by atoms with Gasteiger partial charge in [0.15, 0.2) is 0 Å². The van der Waals surface area contributed by atoms with Gasteiger partial charge in [-0.25, -0.2) is 4.98 Å². The summed E-state index contributed by atoms with van der Waals surface area (Å²) in [6.45, 7) is 7.17. The zero-order valence-corrected chi connectivity index (χ0v) is 15.2. The maximum absolute atomic E-state index is 9.36. The average Bonchev–Trinajstić information content (AvgIpc) is 3.03. The summed E-state index contributed by atoms with van der Waals surface area (Å²) in [6, 6.07) is 5.50. The van der Waals surface area contributed by atoms with E-state index in [2.05, 4.69) is 21.1 Å². The number of nitrogens with one attached hydrogen (secondary N) is 1. The molecule has 3 N–H and O–H groups in total. The summed E-state index contributed by atoms with van der Waals surface area (Å²) in [7, 11) is 0. The van der Waals surface area contributed by atoms with Gasteiger partial charge in [-0.1, -0.05) is 6.08 Å². The minimum atomic E-state index is -0.358. The maximum Gasteiger partial charge on any atom is 0.201 e.